The van der Waals surface area contributed by atoms with E-state index in [1.165, 1.54) is 6.07 Å². The molecule has 4 nitrogen and oxygen atoms in total. The molecule has 114 valence electrons. The molecular formula is C13H13BrF3N3O. The van der Waals surface area contributed by atoms with Gasteiger partial charge in [-0.25, -0.2) is 0 Å². The van der Waals surface area contributed by atoms with Crippen molar-refractivity contribution in [3.05, 3.63) is 45.4 Å². The van der Waals surface area contributed by atoms with Gasteiger partial charge in [0.25, 0.3) is 0 Å². The van der Waals surface area contributed by atoms with E-state index in [2.05, 4.69) is 26.0 Å². The SMILES string of the molecule is Cc1nn(C)c(CC(O)c2ccc(C(F)(F)F)cn2)c1Br. The van der Waals surface area contributed by atoms with Gasteiger partial charge < -0.3 is 5.11 Å². The number of aryl methyl sites for hydroxylation is 2. The quantitative estimate of drug-likeness (QED) is 0.910. The van der Waals surface area contributed by atoms with Gasteiger partial charge in [0.05, 0.1) is 27.1 Å². The summed E-state index contributed by atoms with van der Waals surface area (Å²) < 4.78 is 39.8. The summed E-state index contributed by atoms with van der Waals surface area (Å²) >= 11 is 3.38. The number of rotatable bonds is 3. The van der Waals surface area contributed by atoms with Crippen LogP contribution in [0.15, 0.2) is 22.8 Å². The van der Waals surface area contributed by atoms with Crippen molar-refractivity contribution in [1.29, 1.82) is 0 Å². The van der Waals surface area contributed by atoms with Crippen molar-refractivity contribution < 1.29 is 18.3 Å². The monoisotopic (exact) mass is 363 g/mol. The summed E-state index contributed by atoms with van der Waals surface area (Å²) in [6, 6.07) is 2.10. The molecule has 1 N–H and O–H groups in total. The molecule has 0 radical (unpaired) electrons. The van der Waals surface area contributed by atoms with E-state index in [1.807, 2.05) is 6.92 Å². The molecule has 1 atom stereocenters. The molecule has 0 spiro atoms. The number of nitrogens with zero attached hydrogens (tertiary/aromatic N) is 3. The Morgan fingerprint density at radius 2 is 2.05 bits per heavy atom. The van der Waals surface area contributed by atoms with Crippen molar-refractivity contribution in [2.45, 2.75) is 25.6 Å². The summed E-state index contributed by atoms with van der Waals surface area (Å²) in [6.45, 7) is 1.82. The number of halogens is 4. The van der Waals surface area contributed by atoms with Crippen LogP contribution in [0.25, 0.3) is 0 Å². The first-order valence-corrected chi connectivity index (χ1v) is 6.88. The van der Waals surface area contributed by atoms with Crippen LogP contribution in [0.5, 0.6) is 0 Å². The van der Waals surface area contributed by atoms with E-state index in [9.17, 15) is 18.3 Å². The lowest BCUT2D eigenvalue weighted by molar-refractivity contribution is -0.137. The minimum Gasteiger partial charge on any atom is -0.386 e. The number of alkyl halides is 3. The highest BCUT2D eigenvalue weighted by atomic mass is 79.9. The van der Waals surface area contributed by atoms with E-state index in [0.29, 0.717) is 0 Å². The number of aromatic nitrogens is 3. The van der Waals surface area contributed by atoms with Crippen LogP contribution >= 0.6 is 15.9 Å². The van der Waals surface area contributed by atoms with Crippen LogP contribution in [-0.4, -0.2) is 19.9 Å². The average Bonchev–Trinajstić information content (AvgIpc) is 2.64. The third kappa shape index (κ3) is 3.44. The fraction of sp³-hybridized carbons (Fsp3) is 0.385. The Labute approximate surface area is 127 Å². The first-order valence-electron chi connectivity index (χ1n) is 6.09. The van der Waals surface area contributed by atoms with Crippen molar-refractivity contribution in [1.82, 2.24) is 14.8 Å². The highest BCUT2D eigenvalue weighted by molar-refractivity contribution is 9.10. The first kappa shape index (κ1) is 16.0. The lowest BCUT2D eigenvalue weighted by atomic mass is 10.1. The molecule has 0 amide bonds. The van der Waals surface area contributed by atoms with Crippen molar-refractivity contribution in [3.63, 3.8) is 0 Å². The normalized spacial score (nSPS) is 13.5. The number of aliphatic hydroxyl groups excluding tert-OH is 1. The van der Waals surface area contributed by atoms with Gasteiger partial charge in [0.15, 0.2) is 0 Å². The van der Waals surface area contributed by atoms with Crippen LogP contribution in [0.2, 0.25) is 0 Å². The molecule has 0 saturated heterocycles. The molecule has 0 saturated carbocycles. The van der Waals surface area contributed by atoms with E-state index in [1.54, 1.807) is 11.7 Å². The lowest BCUT2D eigenvalue weighted by Crippen LogP contribution is -2.10. The highest BCUT2D eigenvalue weighted by Crippen LogP contribution is 2.30. The molecule has 0 aliphatic carbocycles. The van der Waals surface area contributed by atoms with Crippen LogP contribution in [0.3, 0.4) is 0 Å². The van der Waals surface area contributed by atoms with E-state index >= 15 is 0 Å². The van der Waals surface area contributed by atoms with Gasteiger partial charge in [0, 0.05) is 19.7 Å². The van der Waals surface area contributed by atoms with Gasteiger partial charge in [0.2, 0.25) is 0 Å². The van der Waals surface area contributed by atoms with Crippen LogP contribution in [-0.2, 0) is 19.6 Å². The average molecular weight is 364 g/mol. The zero-order valence-electron chi connectivity index (χ0n) is 11.3. The van der Waals surface area contributed by atoms with Gasteiger partial charge in [0.1, 0.15) is 6.10 Å². The molecule has 21 heavy (non-hydrogen) atoms. The molecule has 2 aromatic heterocycles. The molecule has 2 rings (SSSR count). The Morgan fingerprint density at radius 3 is 2.48 bits per heavy atom. The fourth-order valence-corrected chi connectivity index (χ4v) is 2.46. The predicted molar refractivity (Wildman–Crippen MR) is 73.5 cm³/mol. The Hall–Kier alpha value is -1.41. The molecule has 0 aliphatic heterocycles. The van der Waals surface area contributed by atoms with Gasteiger partial charge in [-0.2, -0.15) is 18.3 Å². The van der Waals surface area contributed by atoms with Crippen LogP contribution in [0.1, 0.15) is 28.7 Å². The molecule has 0 fully saturated rings. The van der Waals surface area contributed by atoms with Crippen molar-refractivity contribution >= 4 is 15.9 Å². The van der Waals surface area contributed by atoms with E-state index < -0.39 is 17.8 Å². The second-order valence-electron chi connectivity index (χ2n) is 4.66. The van der Waals surface area contributed by atoms with Crippen molar-refractivity contribution in [2.75, 3.05) is 0 Å². The predicted octanol–water partition coefficient (Wildman–Crippen LogP) is 3.18. The highest BCUT2D eigenvalue weighted by Gasteiger charge is 2.31. The molecule has 8 heteroatoms. The van der Waals surface area contributed by atoms with Crippen LogP contribution in [0, 0.1) is 6.92 Å². The third-order valence-electron chi connectivity index (χ3n) is 3.10. The lowest BCUT2D eigenvalue weighted by Gasteiger charge is -2.12. The Bertz CT molecular complexity index is 637. The number of aliphatic hydroxyl groups is 1. The van der Waals surface area contributed by atoms with Gasteiger partial charge in [-0.3, -0.25) is 9.67 Å². The Kier molecular flexibility index (Phi) is 4.38. The summed E-state index contributed by atoms with van der Waals surface area (Å²) in [7, 11) is 1.74. The van der Waals surface area contributed by atoms with Crippen molar-refractivity contribution in [3.8, 4) is 0 Å². The van der Waals surface area contributed by atoms with Crippen LogP contribution in [0.4, 0.5) is 13.2 Å². The molecule has 0 bridgehead atoms. The maximum atomic E-state index is 12.5. The third-order valence-corrected chi connectivity index (χ3v) is 4.13. The van der Waals surface area contributed by atoms with Crippen LogP contribution < -0.4 is 0 Å². The maximum absolute atomic E-state index is 12.5. The largest absolute Gasteiger partial charge is 0.417 e. The fourth-order valence-electron chi connectivity index (χ4n) is 1.96. The van der Waals surface area contributed by atoms with E-state index in [4.69, 9.17) is 0 Å². The summed E-state index contributed by atoms with van der Waals surface area (Å²) in [5.41, 5.74) is 0.881. The number of pyridine rings is 1. The smallest absolute Gasteiger partial charge is 0.386 e. The van der Waals surface area contributed by atoms with Gasteiger partial charge in [-0.05, 0) is 35.0 Å². The number of hydrogen-bond acceptors (Lipinski definition) is 3. The second kappa shape index (κ2) is 5.76. The minimum atomic E-state index is -4.43. The van der Waals surface area contributed by atoms with Gasteiger partial charge in [-0.15, -0.1) is 0 Å². The summed E-state index contributed by atoms with van der Waals surface area (Å²) in [4.78, 5) is 3.69. The van der Waals surface area contributed by atoms with Gasteiger partial charge >= 0.3 is 6.18 Å². The standard InChI is InChI=1S/C13H13BrF3N3O/c1-7-12(14)10(20(2)19-7)5-11(21)9-4-3-8(6-18-9)13(15,16)17/h3-4,6,11,21H,5H2,1-2H3. The molecule has 1 unspecified atom stereocenters. The second-order valence-corrected chi connectivity index (χ2v) is 5.45. The van der Waals surface area contributed by atoms with E-state index in [-0.39, 0.29) is 12.1 Å². The topological polar surface area (TPSA) is 50.9 Å². The minimum absolute atomic E-state index is 0.189. The molecule has 2 aromatic rings. The van der Waals surface area contributed by atoms with E-state index in [0.717, 1.165) is 28.1 Å². The molecule has 0 aliphatic rings. The molecular weight excluding hydrogens is 351 g/mol. The first-order chi connectivity index (χ1) is 9.70. The summed E-state index contributed by atoms with van der Waals surface area (Å²) in [5.74, 6) is 0. The number of hydrogen-bond donors (Lipinski definition) is 1. The zero-order valence-corrected chi connectivity index (χ0v) is 12.9. The van der Waals surface area contributed by atoms with Gasteiger partial charge in [-0.1, -0.05) is 0 Å². The summed E-state index contributed by atoms with van der Waals surface area (Å²) in [6.07, 6.45) is -4.50. The maximum Gasteiger partial charge on any atom is 0.417 e. The molecule has 0 aromatic carbocycles. The summed E-state index contributed by atoms with van der Waals surface area (Å²) in [5, 5.41) is 14.3. The Balaban J connectivity index is 2.19. The Morgan fingerprint density at radius 1 is 1.38 bits per heavy atom. The molecule has 2 heterocycles. The van der Waals surface area contributed by atoms with Crippen molar-refractivity contribution in [2.24, 2.45) is 7.05 Å². The zero-order chi connectivity index (χ0) is 15.8.